The molecule has 1 atom stereocenters. The lowest BCUT2D eigenvalue weighted by atomic mass is 9.94. The average molecular weight is 200 g/mol. The molecule has 0 aliphatic heterocycles. The highest BCUT2D eigenvalue weighted by Gasteiger charge is 2.15. The third kappa shape index (κ3) is 2.14. The normalized spacial score (nSPS) is 16.1. The largest absolute Gasteiger partial charge is 0.0763 e. The Labute approximate surface area is 93.0 Å². The van der Waals surface area contributed by atoms with Crippen LogP contribution in [-0.4, -0.2) is 0 Å². The molecule has 0 bridgehead atoms. The zero-order chi connectivity index (χ0) is 10.8. The second-order valence-electron chi connectivity index (χ2n) is 4.81. The average Bonchev–Trinajstić information content (AvgIpc) is 2.61. The van der Waals surface area contributed by atoms with Gasteiger partial charge in [0.15, 0.2) is 0 Å². The predicted molar refractivity (Wildman–Crippen MR) is 66.9 cm³/mol. The zero-order valence-electron chi connectivity index (χ0n) is 10.0. The van der Waals surface area contributed by atoms with Gasteiger partial charge in [-0.25, -0.2) is 0 Å². The van der Waals surface area contributed by atoms with E-state index in [2.05, 4.69) is 45.0 Å². The van der Waals surface area contributed by atoms with Crippen LogP contribution in [0.1, 0.15) is 43.4 Å². The molecule has 0 amide bonds. The molecule has 0 saturated heterocycles. The summed E-state index contributed by atoms with van der Waals surface area (Å²) in [7, 11) is 0. The maximum absolute atomic E-state index is 2.41. The summed E-state index contributed by atoms with van der Waals surface area (Å²) in [4.78, 5) is 0. The number of hydrogen-bond acceptors (Lipinski definition) is 0. The van der Waals surface area contributed by atoms with E-state index in [1.165, 1.54) is 29.5 Å². The van der Waals surface area contributed by atoms with E-state index in [4.69, 9.17) is 0 Å². The van der Waals surface area contributed by atoms with Crippen LogP contribution in [0.5, 0.6) is 0 Å². The number of aryl methyl sites for hydroxylation is 1. The van der Waals surface area contributed by atoms with Crippen molar-refractivity contribution in [2.24, 2.45) is 5.92 Å². The highest BCUT2D eigenvalue weighted by molar-refractivity contribution is 5.73. The van der Waals surface area contributed by atoms with Gasteiger partial charge in [-0.2, -0.15) is 0 Å². The maximum atomic E-state index is 2.41. The van der Waals surface area contributed by atoms with Crippen LogP contribution < -0.4 is 0 Å². The molecule has 1 aromatic rings. The van der Waals surface area contributed by atoms with Crippen molar-refractivity contribution in [2.75, 3.05) is 0 Å². The molecule has 0 fully saturated rings. The second kappa shape index (κ2) is 4.22. The highest BCUT2D eigenvalue weighted by Crippen LogP contribution is 2.33. The Kier molecular flexibility index (Phi) is 2.95. The molecule has 0 heterocycles. The van der Waals surface area contributed by atoms with Gasteiger partial charge in [0.05, 0.1) is 0 Å². The fraction of sp³-hybridized carbons (Fsp3) is 0.467. The third-order valence-corrected chi connectivity index (χ3v) is 3.44. The van der Waals surface area contributed by atoms with Crippen molar-refractivity contribution < 1.29 is 0 Å². The van der Waals surface area contributed by atoms with E-state index >= 15 is 0 Å². The van der Waals surface area contributed by atoms with Crippen LogP contribution in [0.3, 0.4) is 0 Å². The van der Waals surface area contributed by atoms with Gasteiger partial charge >= 0.3 is 0 Å². The first-order valence-electron chi connectivity index (χ1n) is 5.99. The van der Waals surface area contributed by atoms with Crippen LogP contribution in [0.25, 0.3) is 5.57 Å². The van der Waals surface area contributed by atoms with Crippen molar-refractivity contribution in [1.82, 2.24) is 0 Å². The SMILES string of the molecule is CCC(C)CC1=CCc2ccc(C)cc21. The zero-order valence-corrected chi connectivity index (χ0v) is 10.0. The van der Waals surface area contributed by atoms with E-state index in [1.54, 1.807) is 5.57 Å². The summed E-state index contributed by atoms with van der Waals surface area (Å²) < 4.78 is 0. The molecule has 1 unspecified atom stereocenters. The summed E-state index contributed by atoms with van der Waals surface area (Å²) in [6, 6.07) is 6.85. The van der Waals surface area contributed by atoms with Gasteiger partial charge in [-0.3, -0.25) is 0 Å². The fourth-order valence-electron chi connectivity index (χ4n) is 2.22. The van der Waals surface area contributed by atoms with E-state index in [9.17, 15) is 0 Å². The van der Waals surface area contributed by atoms with E-state index in [0.717, 1.165) is 12.3 Å². The molecule has 2 rings (SSSR count). The molecule has 0 spiro atoms. The van der Waals surface area contributed by atoms with Gasteiger partial charge in [0.2, 0.25) is 0 Å². The van der Waals surface area contributed by atoms with Crippen LogP contribution in [-0.2, 0) is 6.42 Å². The second-order valence-corrected chi connectivity index (χ2v) is 4.81. The Balaban J connectivity index is 2.22. The Morgan fingerprint density at radius 2 is 2.13 bits per heavy atom. The molecule has 1 aromatic carbocycles. The summed E-state index contributed by atoms with van der Waals surface area (Å²) in [6.07, 6.45) is 6.07. The molecule has 0 saturated carbocycles. The summed E-state index contributed by atoms with van der Waals surface area (Å²) >= 11 is 0. The first-order valence-corrected chi connectivity index (χ1v) is 5.99. The van der Waals surface area contributed by atoms with E-state index < -0.39 is 0 Å². The summed E-state index contributed by atoms with van der Waals surface area (Å²) in [6.45, 7) is 6.80. The third-order valence-electron chi connectivity index (χ3n) is 3.44. The van der Waals surface area contributed by atoms with Gasteiger partial charge in [0.1, 0.15) is 0 Å². The van der Waals surface area contributed by atoms with Crippen molar-refractivity contribution in [3.63, 3.8) is 0 Å². The number of fused-ring (bicyclic) bond motifs is 1. The van der Waals surface area contributed by atoms with Crippen LogP contribution in [0, 0.1) is 12.8 Å². The Morgan fingerprint density at radius 1 is 1.33 bits per heavy atom. The Morgan fingerprint density at radius 3 is 2.87 bits per heavy atom. The summed E-state index contributed by atoms with van der Waals surface area (Å²) in [5.74, 6) is 0.808. The van der Waals surface area contributed by atoms with Gasteiger partial charge in [-0.05, 0) is 42.4 Å². The van der Waals surface area contributed by atoms with E-state index in [-0.39, 0.29) is 0 Å². The quantitative estimate of drug-likeness (QED) is 0.679. The summed E-state index contributed by atoms with van der Waals surface area (Å²) in [5, 5.41) is 0. The molecular weight excluding hydrogens is 180 g/mol. The van der Waals surface area contributed by atoms with E-state index in [1.807, 2.05) is 0 Å². The molecule has 1 aliphatic carbocycles. The fourth-order valence-corrected chi connectivity index (χ4v) is 2.22. The van der Waals surface area contributed by atoms with Crippen molar-refractivity contribution in [3.8, 4) is 0 Å². The molecule has 1 aliphatic rings. The standard InChI is InChI=1S/C15H20/c1-4-11(2)9-14-8-7-13-6-5-12(3)10-15(13)14/h5-6,8,10-11H,4,7,9H2,1-3H3. The molecule has 0 heteroatoms. The van der Waals surface area contributed by atoms with Crippen molar-refractivity contribution in [1.29, 1.82) is 0 Å². The van der Waals surface area contributed by atoms with Gasteiger partial charge < -0.3 is 0 Å². The van der Waals surface area contributed by atoms with Gasteiger partial charge in [-0.1, -0.05) is 50.1 Å². The molecule has 80 valence electrons. The minimum absolute atomic E-state index is 0.808. The lowest BCUT2D eigenvalue weighted by Gasteiger charge is -2.11. The Hall–Kier alpha value is -1.04. The lowest BCUT2D eigenvalue weighted by Crippen LogP contribution is -1.94. The molecule has 0 radical (unpaired) electrons. The molecule has 0 N–H and O–H groups in total. The van der Waals surface area contributed by atoms with Gasteiger partial charge in [0, 0.05) is 0 Å². The molecule has 0 aromatic heterocycles. The minimum atomic E-state index is 0.808. The maximum Gasteiger partial charge on any atom is -0.00854 e. The number of rotatable bonds is 3. The topological polar surface area (TPSA) is 0 Å². The first-order chi connectivity index (χ1) is 7.20. The number of allylic oxidation sites excluding steroid dienone is 2. The van der Waals surface area contributed by atoms with Gasteiger partial charge in [0.25, 0.3) is 0 Å². The molecule has 0 nitrogen and oxygen atoms in total. The van der Waals surface area contributed by atoms with E-state index in [0.29, 0.717) is 0 Å². The van der Waals surface area contributed by atoms with Gasteiger partial charge in [-0.15, -0.1) is 0 Å². The van der Waals surface area contributed by atoms with Crippen LogP contribution in [0.4, 0.5) is 0 Å². The monoisotopic (exact) mass is 200 g/mol. The lowest BCUT2D eigenvalue weighted by molar-refractivity contribution is 0.579. The number of hydrogen-bond donors (Lipinski definition) is 0. The van der Waals surface area contributed by atoms with Crippen molar-refractivity contribution >= 4 is 5.57 Å². The number of benzene rings is 1. The minimum Gasteiger partial charge on any atom is -0.0763 e. The van der Waals surface area contributed by atoms with Crippen LogP contribution in [0.15, 0.2) is 24.3 Å². The summed E-state index contributed by atoms with van der Waals surface area (Å²) in [5.41, 5.74) is 5.97. The highest BCUT2D eigenvalue weighted by atomic mass is 14.2. The predicted octanol–water partition coefficient (Wildman–Crippen LogP) is 4.37. The first kappa shape index (κ1) is 10.5. The van der Waals surface area contributed by atoms with Crippen LogP contribution in [0.2, 0.25) is 0 Å². The van der Waals surface area contributed by atoms with Crippen LogP contribution >= 0.6 is 0 Å². The smallest absolute Gasteiger partial charge is 0.00854 e. The Bertz CT molecular complexity index is 385. The van der Waals surface area contributed by atoms with Crippen molar-refractivity contribution in [3.05, 3.63) is 41.0 Å². The molecular formula is C15H20. The van der Waals surface area contributed by atoms with Crippen molar-refractivity contribution in [2.45, 2.75) is 40.0 Å². The molecule has 15 heavy (non-hydrogen) atoms.